The summed E-state index contributed by atoms with van der Waals surface area (Å²) in [6, 6.07) is 0.977. The van der Waals surface area contributed by atoms with Gasteiger partial charge in [-0.25, -0.2) is 9.37 Å². The predicted molar refractivity (Wildman–Crippen MR) is 48.4 cm³/mol. The van der Waals surface area contributed by atoms with Gasteiger partial charge >= 0.3 is 6.18 Å². The van der Waals surface area contributed by atoms with E-state index in [2.05, 4.69) is 10.3 Å². The number of halogens is 5. The fraction of sp³-hybridized carbons (Fsp3) is 0.375. The number of aromatic nitrogens is 1. The molecule has 0 radical (unpaired) electrons. The molecule has 1 N–H and O–H groups in total. The van der Waals surface area contributed by atoms with Crippen molar-refractivity contribution in [1.29, 1.82) is 0 Å². The number of alkyl halides is 3. The van der Waals surface area contributed by atoms with Gasteiger partial charge in [-0.1, -0.05) is 11.6 Å². The van der Waals surface area contributed by atoms with Crippen molar-refractivity contribution in [3.8, 4) is 0 Å². The van der Waals surface area contributed by atoms with E-state index in [1.54, 1.807) is 0 Å². The molecule has 0 saturated carbocycles. The van der Waals surface area contributed by atoms with Crippen LogP contribution in [-0.2, 0) is 0 Å². The first-order valence-corrected chi connectivity index (χ1v) is 4.38. The van der Waals surface area contributed by atoms with Crippen molar-refractivity contribution in [1.82, 2.24) is 4.98 Å². The summed E-state index contributed by atoms with van der Waals surface area (Å²) in [4.78, 5) is 3.51. The van der Waals surface area contributed by atoms with Crippen molar-refractivity contribution < 1.29 is 17.6 Å². The highest BCUT2D eigenvalue weighted by Crippen LogP contribution is 2.20. The molecule has 0 saturated heterocycles. The molecule has 1 aromatic heterocycles. The Bertz CT molecular complexity index is 340. The molecule has 0 atom stereocenters. The SMILES string of the molecule is Fc1cc(Cl)cnc1NCCC(F)(F)F. The minimum Gasteiger partial charge on any atom is -0.367 e. The topological polar surface area (TPSA) is 24.9 Å². The molecule has 0 amide bonds. The molecule has 1 aromatic rings. The summed E-state index contributed by atoms with van der Waals surface area (Å²) in [7, 11) is 0. The van der Waals surface area contributed by atoms with Crippen LogP contribution in [0.1, 0.15) is 6.42 Å². The van der Waals surface area contributed by atoms with Gasteiger partial charge in [0.2, 0.25) is 0 Å². The monoisotopic (exact) mass is 242 g/mol. The zero-order valence-electron chi connectivity index (χ0n) is 7.41. The van der Waals surface area contributed by atoms with E-state index in [1.165, 1.54) is 0 Å². The molecule has 84 valence electrons. The van der Waals surface area contributed by atoms with Gasteiger partial charge in [0, 0.05) is 12.7 Å². The van der Waals surface area contributed by atoms with Crippen molar-refractivity contribution in [2.75, 3.05) is 11.9 Å². The van der Waals surface area contributed by atoms with E-state index < -0.39 is 25.0 Å². The standard InChI is InChI=1S/C8H7ClF4N2/c9-5-3-6(10)7(15-4-5)14-2-1-8(11,12)13/h3-4H,1-2H2,(H,14,15). The normalized spacial score (nSPS) is 11.5. The highest BCUT2D eigenvalue weighted by atomic mass is 35.5. The van der Waals surface area contributed by atoms with Crippen LogP contribution in [0.15, 0.2) is 12.3 Å². The largest absolute Gasteiger partial charge is 0.390 e. The van der Waals surface area contributed by atoms with Gasteiger partial charge in [-0.2, -0.15) is 13.2 Å². The Kier molecular flexibility index (Phi) is 3.73. The third-order valence-corrected chi connectivity index (χ3v) is 1.72. The smallest absolute Gasteiger partial charge is 0.367 e. The van der Waals surface area contributed by atoms with Crippen LogP contribution in [0.5, 0.6) is 0 Å². The molecule has 2 nitrogen and oxygen atoms in total. The lowest BCUT2D eigenvalue weighted by Gasteiger charge is -2.08. The summed E-state index contributed by atoms with van der Waals surface area (Å²) < 4.78 is 48.2. The van der Waals surface area contributed by atoms with Crippen LogP contribution in [0, 0.1) is 5.82 Å². The number of nitrogens with one attached hydrogen (secondary N) is 1. The highest BCUT2D eigenvalue weighted by molar-refractivity contribution is 6.30. The van der Waals surface area contributed by atoms with Gasteiger partial charge in [-0.3, -0.25) is 0 Å². The van der Waals surface area contributed by atoms with E-state index in [1.807, 2.05) is 0 Å². The molecule has 0 aliphatic carbocycles. The van der Waals surface area contributed by atoms with Crippen molar-refractivity contribution in [2.45, 2.75) is 12.6 Å². The third-order valence-electron chi connectivity index (χ3n) is 1.51. The maximum atomic E-state index is 13.0. The molecule has 0 aliphatic heterocycles. The van der Waals surface area contributed by atoms with Crippen molar-refractivity contribution >= 4 is 17.4 Å². The molecule has 0 unspecified atom stereocenters. The average molecular weight is 243 g/mol. The number of rotatable bonds is 3. The Morgan fingerprint density at radius 2 is 2.07 bits per heavy atom. The second kappa shape index (κ2) is 4.65. The minimum absolute atomic E-state index is 0.0915. The molecular weight excluding hydrogens is 236 g/mol. The Hall–Kier alpha value is -1.04. The quantitative estimate of drug-likeness (QED) is 0.823. The molecule has 1 heterocycles. The van der Waals surface area contributed by atoms with Gasteiger partial charge in [0.1, 0.15) is 0 Å². The van der Waals surface area contributed by atoms with Gasteiger partial charge in [-0.15, -0.1) is 0 Å². The van der Waals surface area contributed by atoms with E-state index in [-0.39, 0.29) is 10.8 Å². The van der Waals surface area contributed by atoms with E-state index in [0.29, 0.717) is 0 Å². The van der Waals surface area contributed by atoms with E-state index >= 15 is 0 Å². The maximum Gasteiger partial charge on any atom is 0.390 e. The lowest BCUT2D eigenvalue weighted by molar-refractivity contribution is -0.131. The van der Waals surface area contributed by atoms with Crippen LogP contribution in [-0.4, -0.2) is 17.7 Å². The predicted octanol–water partition coefficient (Wildman–Crippen LogP) is 3.24. The second-order valence-corrected chi connectivity index (χ2v) is 3.21. The third kappa shape index (κ3) is 4.33. The Morgan fingerprint density at radius 3 is 2.60 bits per heavy atom. The molecule has 1 rings (SSSR count). The Morgan fingerprint density at radius 1 is 1.40 bits per heavy atom. The van der Waals surface area contributed by atoms with Gasteiger partial charge in [0.15, 0.2) is 11.6 Å². The molecule has 0 aliphatic rings. The van der Waals surface area contributed by atoms with Gasteiger partial charge in [-0.05, 0) is 6.07 Å². The van der Waals surface area contributed by atoms with E-state index in [9.17, 15) is 17.6 Å². The lowest BCUT2D eigenvalue weighted by atomic mass is 10.4. The average Bonchev–Trinajstić information content (AvgIpc) is 2.07. The van der Waals surface area contributed by atoms with Crippen molar-refractivity contribution in [3.63, 3.8) is 0 Å². The van der Waals surface area contributed by atoms with Crippen LogP contribution in [0.4, 0.5) is 23.4 Å². The van der Waals surface area contributed by atoms with Crippen LogP contribution in [0.2, 0.25) is 5.02 Å². The Balaban J connectivity index is 2.51. The molecule has 0 fully saturated rings. The number of anilines is 1. The number of pyridine rings is 1. The second-order valence-electron chi connectivity index (χ2n) is 2.78. The molecule has 15 heavy (non-hydrogen) atoms. The van der Waals surface area contributed by atoms with E-state index in [0.717, 1.165) is 12.3 Å². The number of hydrogen-bond donors (Lipinski definition) is 1. The van der Waals surface area contributed by atoms with Crippen LogP contribution >= 0.6 is 11.6 Å². The molecule has 7 heteroatoms. The zero-order valence-corrected chi connectivity index (χ0v) is 8.16. The first-order chi connectivity index (χ1) is 6.88. The van der Waals surface area contributed by atoms with Gasteiger partial charge < -0.3 is 5.32 Å². The molecule has 0 bridgehead atoms. The summed E-state index contributed by atoms with van der Waals surface area (Å²) in [5, 5.41) is 2.32. The first-order valence-electron chi connectivity index (χ1n) is 4.00. The molecule has 0 spiro atoms. The number of nitrogens with zero attached hydrogens (tertiary/aromatic N) is 1. The van der Waals surface area contributed by atoms with Crippen molar-refractivity contribution in [2.24, 2.45) is 0 Å². The first kappa shape index (κ1) is 12.0. The fourth-order valence-corrected chi connectivity index (χ4v) is 1.01. The van der Waals surface area contributed by atoms with Crippen LogP contribution in [0.3, 0.4) is 0 Å². The highest BCUT2D eigenvalue weighted by Gasteiger charge is 2.26. The molecule has 0 aromatic carbocycles. The van der Waals surface area contributed by atoms with Crippen LogP contribution in [0.25, 0.3) is 0 Å². The van der Waals surface area contributed by atoms with E-state index in [4.69, 9.17) is 11.6 Å². The van der Waals surface area contributed by atoms with Crippen molar-refractivity contribution in [3.05, 3.63) is 23.1 Å². The molecular formula is C8H7ClF4N2. The zero-order chi connectivity index (χ0) is 11.5. The Labute approximate surface area is 88.3 Å². The minimum atomic E-state index is -4.27. The fourth-order valence-electron chi connectivity index (χ4n) is 0.867. The van der Waals surface area contributed by atoms with Gasteiger partial charge in [0.05, 0.1) is 11.4 Å². The lowest BCUT2D eigenvalue weighted by Crippen LogP contribution is -2.15. The van der Waals surface area contributed by atoms with Crippen LogP contribution < -0.4 is 5.32 Å². The maximum absolute atomic E-state index is 13.0. The summed E-state index contributed by atoms with van der Waals surface area (Å²) in [5.41, 5.74) is 0. The number of hydrogen-bond acceptors (Lipinski definition) is 2. The summed E-state index contributed by atoms with van der Waals surface area (Å²) in [5.74, 6) is -1.01. The summed E-state index contributed by atoms with van der Waals surface area (Å²) in [6.07, 6.45) is -4.16. The summed E-state index contributed by atoms with van der Waals surface area (Å²) >= 11 is 5.41. The van der Waals surface area contributed by atoms with Gasteiger partial charge in [0.25, 0.3) is 0 Å². The summed E-state index contributed by atoms with van der Waals surface area (Å²) in [6.45, 7) is -0.422.